The lowest BCUT2D eigenvalue weighted by molar-refractivity contribution is -0.115. The Bertz CT molecular complexity index is 385. The topological polar surface area (TPSA) is 37.3 Å². The summed E-state index contributed by atoms with van der Waals surface area (Å²) in [6, 6.07) is 0. The summed E-state index contributed by atoms with van der Waals surface area (Å²) in [4.78, 5) is 11.6. The van der Waals surface area contributed by atoms with Crippen LogP contribution in [0.4, 0.5) is 0 Å². The van der Waals surface area contributed by atoms with Crippen molar-refractivity contribution in [1.29, 1.82) is 0 Å². The number of rotatable bonds is 2. The largest absolute Gasteiger partial charge is 0.393 e. The zero-order valence-corrected chi connectivity index (χ0v) is 12.0. The average Bonchev–Trinajstić information content (AvgIpc) is 2.83. The van der Waals surface area contributed by atoms with Crippen LogP contribution in [0, 0.1) is 23.7 Å². The number of ketones is 1. The highest BCUT2D eigenvalue weighted by atomic mass is 16.3. The normalized spacial score (nSPS) is 42.9. The van der Waals surface area contributed by atoms with Gasteiger partial charge in [-0.1, -0.05) is 18.9 Å². The second-order valence-corrected chi connectivity index (χ2v) is 6.83. The van der Waals surface area contributed by atoms with Crippen LogP contribution in [0.25, 0.3) is 0 Å². The van der Waals surface area contributed by atoms with Crippen LogP contribution in [0.15, 0.2) is 11.6 Å². The van der Waals surface area contributed by atoms with Crippen LogP contribution in [0.2, 0.25) is 0 Å². The van der Waals surface area contributed by atoms with E-state index in [4.69, 9.17) is 0 Å². The van der Waals surface area contributed by atoms with Crippen LogP contribution in [-0.2, 0) is 4.79 Å². The molecule has 19 heavy (non-hydrogen) atoms. The number of carbonyl (C=O) groups is 1. The minimum Gasteiger partial charge on any atom is -0.393 e. The molecule has 5 atom stereocenters. The molecule has 0 aromatic heterocycles. The van der Waals surface area contributed by atoms with Crippen molar-refractivity contribution < 1.29 is 9.90 Å². The number of hydrogen-bond donors (Lipinski definition) is 1. The maximum Gasteiger partial charge on any atom is 0.155 e. The number of aliphatic hydroxyl groups is 1. The second kappa shape index (κ2) is 5.40. The molecule has 0 spiro atoms. The Balaban J connectivity index is 1.77. The summed E-state index contributed by atoms with van der Waals surface area (Å²) < 4.78 is 0. The predicted molar refractivity (Wildman–Crippen MR) is 75.7 cm³/mol. The molecule has 2 fully saturated rings. The van der Waals surface area contributed by atoms with Gasteiger partial charge in [0.05, 0.1) is 6.10 Å². The van der Waals surface area contributed by atoms with E-state index in [0.29, 0.717) is 11.7 Å². The van der Waals surface area contributed by atoms with Crippen molar-refractivity contribution in [2.75, 3.05) is 0 Å². The third kappa shape index (κ3) is 2.52. The van der Waals surface area contributed by atoms with Crippen molar-refractivity contribution in [2.45, 2.75) is 64.4 Å². The lowest BCUT2D eigenvalue weighted by Crippen LogP contribution is -2.35. The van der Waals surface area contributed by atoms with Gasteiger partial charge in [0.1, 0.15) is 0 Å². The lowest BCUT2D eigenvalue weighted by atomic mass is 9.61. The molecule has 0 aliphatic heterocycles. The van der Waals surface area contributed by atoms with Crippen molar-refractivity contribution in [3.63, 3.8) is 0 Å². The Morgan fingerprint density at radius 3 is 2.74 bits per heavy atom. The Kier molecular flexibility index (Phi) is 3.79. The summed E-state index contributed by atoms with van der Waals surface area (Å²) in [5, 5.41) is 9.80. The van der Waals surface area contributed by atoms with Gasteiger partial charge in [0.2, 0.25) is 0 Å². The third-order valence-electron chi connectivity index (χ3n) is 5.88. The van der Waals surface area contributed by atoms with Crippen LogP contribution in [-0.4, -0.2) is 17.0 Å². The maximum atomic E-state index is 11.6. The van der Waals surface area contributed by atoms with Crippen LogP contribution in [0.5, 0.6) is 0 Å². The van der Waals surface area contributed by atoms with E-state index in [0.717, 1.165) is 49.9 Å². The molecular formula is C17H26O2. The monoisotopic (exact) mass is 262 g/mol. The van der Waals surface area contributed by atoms with E-state index in [1.807, 2.05) is 6.08 Å². The predicted octanol–water partition coefficient (Wildman–Crippen LogP) is 3.49. The fourth-order valence-electron chi connectivity index (χ4n) is 5.01. The first-order chi connectivity index (χ1) is 9.19. The van der Waals surface area contributed by atoms with E-state index >= 15 is 0 Å². The van der Waals surface area contributed by atoms with Gasteiger partial charge >= 0.3 is 0 Å². The van der Waals surface area contributed by atoms with Gasteiger partial charge in [-0.2, -0.15) is 0 Å². The Labute approximate surface area is 116 Å². The Hall–Kier alpha value is -0.630. The van der Waals surface area contributed by atoms with Crippen LogP contribution >= 0.6 is 0 Å². The SMILES string of the molecule is CCC1C2CCC(=O)C=C2CCC1C1CCC(O)C1. The molecule has 0 aromatic carbocycles. The molecule has 2 nitrogen and oxygen atoms in total. The summed E-state index contributed by atoms with van der Waals surface area (Å²) in [6.45, 7) is 2.31. The highest BCUT2D eigenvalue weighted by molar-refractivity contribution is 5.91. The average molecular weight is 262 g/mol. The lowest BCUT2D eigenvalue weighted by Gasteiger charge is -2.43. The van der Waals surface area contributed by atoms with Gasteiger partial charge in [-0.05, 0) is 68.3 Å². The summed E-state index contributed by atoms with van der Waals surface area (Å²) in [5.41, 5.74) is 1.44. The van der Waals surface area contributed by atoms with E-state index in [-0.39, 0.29) is 6.10 Å². The van der Waals surface area contributed by atoms with Gasteiger partial charge in [0.25, 0.3) is 0 Å². The number of hydrogen-bond acceptors (Lipinski definition) is 2. The smallest absolute Gasteiger partial charge is 0.155 e. The molecule has 1 N–H and O–H groups in total. The maximum absolute atomic E-state index is 11.6. The molecule has 3 rings (SSSR count). The molecule has 0 heterocycles. The molecule has 5 unspecified atom stereocenters. The molecule has 0 bridgehead atoms. The van der Waals surface area contributed by atoms with Crippen LogP contribution < -0.4 is 0 Å². The molecule has 106 valence electrons. The Morgan fingerprint density at radius 1 is 1.21 bits per heavy atom. The molecule has 0 saturated heterocycles. The highest BCUT2D eigenvalue weighted by Gasteiger charge is 2.41. The molecule has 0 radical (unpaired) electrons. The summed E-state index contributed by atoms with van der Waals surface area (Å²) in [6.07, 6.45) is 10.6. The van der Waals surface area contributed by atoms with E-state index in [1.54, 1.807) is 0 Å². The van der Waals surface area contributed by atoms with Crippen molar-refractivity contribution in [3.8, 4) is 0 Å². The molecule has 2 heteroatoms. The first kappa shape index (κ1) is 13.4. The molecular weight excluding hydrogens is 236 g/mol. The molecule has 0 aromatic rings. The van der Waals surface area contributed by atoms with E-state index < -0.39 is 0 Å². The zero-order chi connectivity index (χ0) is 13.4. The third-order valence-corrected chi connectivity index (χ3v) is 5.88. The molecule has 3 aliphatic carbocycles. The zero-order valence-electron chi connectivity index (χ0n) is 12.0. The summed E-state index contributed by atoms with van der Waals surface area (Å²) in [5.74, 6) is 3.29. The summed E-state index contributed by atoms with van der Waals surface area (Å²) in [7, 11) is 0. The second-order valence-electron chi connectivity index (χ2n) is 6.83. The first-order valence-corrected chi connectivity index (χ1v) is 8.10. The number of aliphatic hydroxyl groups excluding tert-OH is 1. The molecule has 2 saturated carbocycles. The first-order valence-electron chi connectivity index (χ1n) is 8.10. The van der Waals surface area contributed by atoms with Gasteiger partial charge in [0, 0.05) is 6.42 Å². The fourth-order valence-corrected chi connectivity index (χ4v) is 5.01. The van der Waals surface area contributed by atoms with Crippen molar-refractivity contribution >= 4 is 5.78 Å². The minimum absolute atomic E-state index is 0.0487. The minimum atomic E-state index is -0.0487. The van der Waals surface area contributed by atoms with Gasteiger partial charge in [-0.15, -0.1) is 0 Å². The number of allylic oxidation sites excluding steroid dienone is 2. The molecule has 3 aliphatic rings. The van der Waals surface area contributed by atoms with Crippen LogP contribution in [0.1, 0.15) is 58.3 Å². The standard InChI is InChI=1S/C17H26O2/c1-2-15-16(11-3-5-13(18)9-11)7-4-12-10-14(19)6-8-17(12)15/h10-11,13,15-18H,2-9H2,1H3. The van der Waals surface area contributed by atoms with E-state index in [1.165, 1.54) is 24.8 Å². The van der Waals surface area contributed by atoms with Gasteiger partial charge in [-0.25, -0.2) is 0 Å². The number of carbonyl (C=O) groups excluding carboxylic acids is 1. The number of fused-ring (bicyclic) bond motifs is 1. The van der Waals surface area contributed by atoms with Crippen molar-refractivity contribution in [2.24, 2.45) is 23.7 Å². The van der Waals surface area contributed by atoms with Gasteiger partial charge < -0.3 is 5.11 Å². The van der Waals surface area contributed by atoms with Crippen LogP contribution in [0.3, 0.4) is 0 Å². The highest BCUT2D eigenvalue weighted by Crippen LogP contribution is 2.50. The van der Waals surface area contributed by atoms with Crippen molar-refractivity contribution in [3.05, 3.63) is 11.6 Å². The Morgan fingerprint density at radius 2 is 2.05 bits per heavy atom. The van der Waals surface area contributed by atoms with E-state index in [9.17, 15) is 9.90 Å². The van der Waals surface area contributed by atoms with E-state index in [2.05, 4.69) is 6.92 Å². The van der Waals surface area contributed by atoms with Gasteiger partial charge in [0.15, 0.2) is 5.78 Å². The van der Waals surface area contributed by atoms with Crippen molar-refractivity contribution in [1.82, 2.24) is 0 Å². The summed E-state index contributed by atoms with van der Waals surface area (Å²) >= 11 is 0. The fraction of sp³-hybridized carbons (Fsp3) is 0.824. The quantitative estimate of drug-likeness (QED) is 0.827. The van der Waals surface area contributed by atoms with Gasteiger partial charge in [-0.3, -0.25) is 4.79 Å². The molecule has 0 amide bonds.